The number of imidazole rings is 1. The van der Waals surface area contributed by atoms with E-state index in [1.165, 1.54) is 12.8 Å². The summed E-state index contributed by atoms with van der Waals surface area (Å²) in [5.41, 5.74) is 2.15. The third kappa shape index (κ3) is 4.20. The molecule has 2 aromatic rings. The third-order valence-corrected chi connectivity index (χ3v) is 5.12. The monoisotopic (exact) mass is 339 g/mol. The first-order valence-electron chi connectivity index (χ1n) is 9.13. The lowest BCUT2D eigenvalue weighted by Gasteiger charge is -2.32. The fraction of sp³-hybridized carbons (Fsp3) is 0.474. The van der Waals surface area contributed by atoms with Crippen molar-refractivity contribution in [2.75, 3.05) is 13.1 Å². The second-order valence-corrected chi connectivity index (χ2v) is 7.00. The van der Waals surface area contributed by atoms with Gasteiger partial charge in [-0.05, 0) is 43.4 Å². The van der Waals surface area contributed by atoms with E-state index in [-0.39, 0.29) is 6.03 Å². The van der Waals surface area contributed by atoms with Crippen molar-refractivity contribution in [2.45, 2.75) is 44.3 Å². The number of aromatic nitrogens is 2. The van der Waals surface area contributed by atoms with E-state index in [4.69, 9.17) is 0 Å². The minimum Gasteiger partial charge on any atom is -0.335 e. The molecule has 1 aromatic carbocycles. The van der Waals surface area contributed by atoms with Crippen LogP contribution < -0.4 is 10.6 Å². The molecule has 1 saturated carbocycles. The van der Waals surface area contributed by atoms with Crippen LogP contribution in [0.2, 0.25) is 0 Å². The Labute approximate surface area is 148 Å². The van der Waals surface area contributed by atoms with Gasteiger partial charge >= 0.3 is 6.03 Å². The molecule has 0 spiro atoms. The number of carbonyl (C=O) groups excluding carboxylic acids is 1. The van der Waals surface area contributed by atoms with E-state index in [2.05, 4.69) is 20.5 Å². The van der Waals surface area contributed by atoms with Gasteiger partial charge in [-0.15, -0.1) is 0 Å². The molecule has 1 aliphatic carbocycles. The fourth-order valence-corrected chi connectivity index (χ4v) is 3.47. The van der Waals surface area contributed by atoms with Crippen molar-refractivity contribution in [1.82, 2.24) is 25.1 Å². The fourth-order valence-electron chi connectivity index (χ4n) is 3.47. The first-order chi connectivity index (χ1) is 12.3. The van der Waals surface area contributed by atoms with Gasteiger partial charge in [-0.1, -0.05) is 12.1 Å². The van der Waals surface area contributed by atoms with Crippen LogP contribution in [0.15, 0.2) is 43.0 Å². The lowest BCUT2D eigenvalue weighted by atomic mass is 10.1. The van der Waals surface area contributed by atoms with E-state index in [1.54, 1.807) is 12.5 Å². The molecule has 25 heavy (non-hydrogen) atoms. The summed E-state index contributed by atoms with van der Waals surface area (Å²) in [4.78, 5) is 18.7. The maximum Gasteiger partial charge on any atom is 0.315 e. The molecule has 0 unspecified atom stereocenters. The number of urea groups is 1. The molecule has 132 valence electrons. The number of hydrogen-bond donors (Lipinski definition) is 2. The Hall–Kier alpha value is -2.34. The third-order valence-electron chi connectivity index (χ3n) is 5.12. The number of hydrogen-bond acceptors (Lipinski definition) is 3. The molecule has 0 bridgehead atoms. The van der Waals surface area contributed by atoms with Crippen LogP contribution in [0.4, 0.5) is 4.79 Å². The Morgan fingerprint density at radius 1 is 1.12 bits per heavy atom. The van der Waals surface area contributed by atoms with Crippen LogP contribution >= 0.6 is 0 Å². The van der Waals surface area contributed by atoms with Gasteiger partial charge in [0.2, 0.25) is 0 Å². The Balaban J connectivity index is 1.21. The Kier molecular flexibility index (Phi) is 4.70. The number of nitrogens with zero attached hydrogens (tertiary/aromatic N) is 3. The number of benzene rings is 1. The van der Waals surface area contributed by atoms with Crippen molar-refractivity contribution in [2.24, 2.45) is 0 Å². The summed E-state index contributed by atoms with van der Waals surface area (Å²) in [7, 11) is 0. The summed E-state index contributed by atoms with van der Waals surface area (Å²) in [6.07, 6.45) is 10.3. The van der Waals surface area contributed by atoms with Gasteiger partial charge in [0.15, 0.2) is 0 Å². The average Bonchev–Trinajstić information content (AvgIpc) is 3.35. The number of carbonyl (C=O) groups is 1. The van der Waals surface area contributed by atoms with Crippen LogP contribution in [-0.2, 0) is 6.54 Å². The summed E-state index contributed by atoms with van der Waals surface area (Å²) < 4.78 is 1.96. The number of likely N-dealkylation sites (tertiary alicyclic amines) is 1. The van der Waals surface area contributed by atoms with Crippen molar-refractivity contribution in [3.8, 4) is 5.69 Å². The summed E-state index contributed by atoms with van der Waals surface area (Å²) in [5, 5.41) is 6.08. The topological polar surface area (TPSA) is 62.2 Å². The largest absolute Gasteiger partial charge is 0.335 e. The first-order valence-corrected chi connectivity index (χ1v) is 9.13. The SMILES string of the molecule is O=C(NCc1ccc(-n2ccnc2)cc1)NC1CCN(C2CC2)CC1. The lowest BCUT2D eigenvalue weighted by Crippen LogP contribution is -2.48. The second kappa shape index (κ2) is 7.27. The van der Waals surface area contributed by atoms with Crippen LogP contribution in [0.25, 0.3) is 5.69 Å². The van der Waals surface area contributed by atoms with Gasteiger partial charge in [-0.25, -0.2) is 9.78 Å². The van der Waals surface area contributed by atoms with Crippen molar-refractivity contribution in [3.63, 3.8) is 0 Å². The molecule has 2 N–H and O–H groups in total. The molecule has 0 radical (unpaired) electrons. The molecular formula is C19H25N5O. The highest BCUT2D eigenvalue weighted by Crippen LogP contribution is 2.29. The summed E-state index contributed by atoms with van der Waals surface area (Å²) in [6.45, 7) is 2.77. The predicted octanol–water partition coefficient (Wildman–Crippen LogP) is 2.30. The number of rotatable bonds is 5. The standard InChI is InChI=1S/C19H25N5O/c25-19(22-16-7-10-23(11-8-16)17-5-6-17)21-13-15-1-3-18(4-2-15)24-12-9-20-14-24/h1-4,9,12,14,16-17H,5-8,10-11,13H2,(H2,21,22,25). The van der Waals surface area contributed by atoms with Gasteiger partial charge in [0.1, 0.15) is 0 Å². The molecular weight excluding hydrogens is 314 g/mol. The zero-order valence-corrected chi connectivity index (χ0v) is 14.4. The minimum atomic E-state index is -0.0661. The summed E-state index contributed by atoms with van der Waals surface area (Å²) >= 11 is 0. The highest BCUT2D eigenvalue weighted by Gasteiger charge is 2.32. The smallest absolute Gasteiger partial charge is 0.315 e. The van der Waals surface area contributed by atoms with E-state index < -0.39 is 0 Å². The molecule has 1 aliphatic heterocycles. The van der Waals surface area contributed by atoms with E-state index >= 15 is 0 Å². The second-order valence-electron chi connectivity index (χ2n) is 7.00. The predicted molar refractivity (Wildman–Crippen MR) is 96.6 cm³/mol. The molecule has 2 fully saturated rings. The first kappa shape index (κ1) is 16.1. The van der Waals surface area contributed by atoms with E-state index in [9.17, 15) is 4.79 Å². The van der Waals surface area contributed by atoms with Gasteiger partial charge < -0.3 is 20.1 Å². The van der Waals surface area contributed by atoms with Crippen molar-refractivity contribution in [3.05, 3.63) is 48.5 Å². The molecule has 6 nitrogen and oxygen atoms in total. The van der Waals surface area contributed by atoms with Crippen molar-refractivity contribution >= 4 is 6.03 Å². The molecule has 6 heteroatoms. The molecule has 2 heterocycles. The molecule has 2 amide bonds. The van der Waals surface area contributed by atoms with Crippen LogP contribution in [0.5, 0.6) is 0 Å². The van der Waals surface area contributed by atoms with E-state index in [0.717, 1.165) is 43.2 Å². The normalized spacial score (nSPS) is 18.9. The Morgan fingerprint density at radius 2 is 1.88 bits per heavy atom. The van der Waals surface area contributed by atoms with Crippen molar-refractivity contribution in [1.29, 1.82) is 0 Å². The van der Waals surface area contributed by atoms with Gasteiger partial charge in [0.25, 0.3) is 0 Å². The molecule has 1 saturated heterocycles. The van der Waals surface area contributed by atoms with E-state index in [1.807, 2.05) is 35.0 Å². The highest BCUT2D eigenvalue weighted by molar-refractivity contribution is 5.74. The quantitative estimate of drug-likeness (QED) is 0.879. The summed E-state index contributed by atoms with van der Waals surface area (Å²) in [6, 6.07) is 9.20. The van der Waals surface area contributed by atoms with Crippen LogP contribution in [0, 0.1) is 0 Å². The van der Waals surface area contributed by atoms with Crippen LogP contribution in [0.1, 0.15) is 31.2 Å². The van der Waals surface area contributed by atoms with Gasteiger partial charge in [0, 0.05) is 49.8 Å². The van der Waals surface area contributed by atoms with Gasteiger partial charge in [0.05, 0.1) is 6.33 Å². The zero-order chi connectivity index (χ0) is 17.1. The average molecular weight is 339 g/mol. The highest BCUT2D eigenvalue weighted by atomic mass is 16.2. The minimum absolute atomic E-state index is 0.0661. The van der Waals surface area contributed by atoms with Crippen LogP contribution in [-0.4, -0.2) is 45.7 Å². The number of nitrogens with one attached hydrogen (secondary N) is 2. The van der Waals surface area contributed by atoms with Gasteiger partial charge in [-0.2, -0.15) is 0 Å². The lowest BCUT2D eigenvalue weighted by molar-refractivity contribution is 0.186. The molecule has 4 rings (SSSR count). The number of amides is 2. The van der Waals surface area contributed by atoms with Gasteiger partial charge in [-0.3, -0.25) is 0 Å². The Morgan fingerprint density at radius 3 is 2.52 bits per heavy atom. The van der Waals surface area contributed by atoms with Crippen LogP contribution in [0.3, 0.4) is 0 Å². The maximum atomic E-state index is 12.1. The molecule has 1 aromatic heterocycles. The van der Waals surface area contributed by atoms with Crippen molar-refractivity contribution < 1.29 is 4.79 Å². The zero-order valence-electron chi connectivity index (χ0n) is 14.4. The van der Waals surface area contributed by atoms with E-state index in [0.29, 0.717) is 12.6 Å². The Bertz CT molecular complexity index is 685. The summed E-state index contributed by atoms with van der Waals surface area (Å²) in [5.74, 6) is 0. The number of piperidine rings is 1. The molecule has 2 aliphatic rings. The maximum absolute atomic E-state index is 12.1. The molecule has 0 atom stereocenters.